The van der Waals surface area contributed by atoms with Gasteiger partial charge in [-0.2, -0.15) is 0 Å². The van der Waals surface area contributed by atoms with Crippen molar-refractivity contribution in [3.8, 4) is 0 Å². The van der Waals surface area contributed by atoms with E-state index in [0.29, 0.717) is 4.59 Å². The van der Waals surface area contributed by atoms with Crippen LogP contribution in [0.4, 0.5) is 0 Å². The van der Waals surface area contributed by atoms with Gasteiger partial charge in [0.25, 0.3) is 0 Å². The lowest BCUT2D eigenvalue weighted by molar-refractivity contribution is -0.877. The van der Waals surface area contributed by atoms with Crippen LogP contribution < -0.4 is 0 Å². The van der Waals surface area contributed by atoms with Crippen molar-refractivity contribution >= 4 is 5.71 Å². The van der Waals surface area contributed by atoms with Gasteiger partial charge in [0.2, 0.25) is 0 Å². The zero-order valence-corrected chi connectivity index (χ0v) is 8.78. The normalized spacial score (nSPS) is 13.1. The molecule has 1 aromatic carbocycles. The summed E-state index contributed by atoms with van der Waals surface area (Å²) in [5.74, 6) is 0. The van der Waals surface area contributed by atoms with Gasteiger partial charge in [-0.1, -0.05) is 35.4 Å². The van der Waals surface area contributed by atoms with Gasteiger partial charge in [0.15, 0.2) is 0 Å². The quantitative estimate of drug-likeness (QED) is 0.373. The number of benzene rings is 1. The van der Waals surface area contributed by atoms with E-state index in [4.69, 9.17) is 0 Å². The molecule has 2 nitrogen and oxygen atoms in total. The fourth-order valence-corrected chi connectivity index (χ4v) is 1.19. The van der Waals surface area contributed by atoms with Gasteiger partial charge in [0.1, 0.15) is 0 Å². The van der Waals surface area contributed by atoms with E-state index < -0.39 is 0 Å². The Bertz CT molecular complexity index is 294. The summed E-state index contributed by atoms with van der Waals surface area (Å²) in [5.41, 5.74) is 2.27. The zero-order chi connectivity index (χ0) is 9.90. The molecule has 0 aliphatic rings. The number of hydrogen-bond donors (Lipinski definition) is 0. The Morgan fingerprint density at radius 3 is 2.08 bits per heavy atom. The Kier molecular flexibility index (Phi) is 2.83. The zero-order valence-electron chi connectivity index (χ0n) is 8.78. The predicted molar refractivity (Wildman–Crippen MR) is 56.7 cm³/mol. The van der Waals surface area contributed by atoms with E-state index in [1.54, 1.807) is 0 Å². The van der Waals surface area contributed by atoms with Gasteiger partial charge in [0, 0.05) is 5.56 Å². The van der Waals surface area contributed by atoms with Gasteiger partial charge >= 0.3 is 0 Å². The summed E-state index contributed by atoms with van der Waals surface area (Å²) in [7, 11) is 6.14. The van der Waals surface area contributed by atoms with Crippen LogP contribution in [0, 0.1) is 0 Å². The SMILES string of the molecule is C/C(=N/[N+](C)(C)C)c1ccccc1. The van der Waals surface area contributed by atoms with Crippen molar-refractivity contribution in [2.24, 2.45) is 5.10 Å². The summed E-state index contributed by atoms with van der Waals surface area (Å²) in [6.07, 6.45) is 0. The minimum absolute atomic E-state index is 0.612. The van der Waals surface area contributed by atoms with Crippen molar-refractivity contribution in [1.29, 1.82) is 0 Å². The Hall–Kier alpha value is -1.15. The Morgan fingerprint density at radius 1 is 1.08 bits per heavy atom. The third kappa shape index (κ3) is 3.38. The average molecular weight is 177 g/mol. The lowest BCUT2D eigenvalue weighted by atomic mass is 10.1. The van der Waals surface area contributed by atoms with Crippen molar-refractivity contribution in [3.63, 3.8) is 0 Å². The first-order valence-corrected chi connectivity index (χ1v) is 4.43. The molecule has 1 rings (SSSR count). The van der Waals surface area contributed by atoms with Gasteiger partial charge in [-0.25, -0.2) is 4.59 Å². The first-order chi connectivity index (χ1) is 5.99. The molecule has 0 aliphatic carbocycles. The molecule has 0 aliphatic heterocycles. The third-order valence-electron chi connectivity index (χ3n) is 1.64. The Labute approximate surface area is 80.1 Å². The molecule has 0 saturated carbocycles. The summed E-state index contributed by atoms with van der Waals surface area (Å²) in [6.45, 7) is 2.04. The minimum atomic E-state index is 0.612. The summed E-state index contributed by atoms with van der Waals surface area (Å²) < 4.78 is 0.612. The van der Waals surface area contributed by atoms with E-state index in [-0.39, 0.29) is 0 Å². The molecule has 1 aromatic rings. The summed E-state index contributed by atoms with van der Waals surface area (Å²) in [6, 6.07) is 10.2. The van der Waals surface area contributed by atoms with Crippen molar-refractivity contribution in [2.45, 2.75) is 6.92 Å². The Balaban J connectivity index is 2.92. The third-order valence-corrected chi connectivity index (χ3v) is 1.64. The van der Waals surface area contributed by atoms with Crippen molar-refractivity contribution in [2.75, 3.05) is 21.1 Å². The second-order valence-electron chi connectivity index (χ2n) is 3.99. The average Bonchev–Trinajstić information content (AvgIpc) is 2.03. The van der Waals surface area contributed by atoms with Gasteiger partial charge in [-0.15, -0.1) is 0 Å². The van der Waals surface area contributed by atoms with Crippen LogP contribution in [0.15, 0.2) is 35.4 Å². The second-order valence-corrected chi connectivity index (χ2v) is 3.99. The van der Waals surface area contributed by atoms with Crippen LogP contribution in [0.25, 0.3) is 0 Å². The lowest BCUT2D eigenvalue weighted by Gasteiger charge is -2.16. The van der Waals surface area contributed by atoms with Crippen LogP contribution in [0.5, 0.6) is 0 Å². The molecule has 0 amide bonds. The molecule has 70 valence electrons. The highest BCUT2D eigenvalue weighted by atomic mass is 15.6. The molecule has 0 heterocycles. The fourth-order valence-electron chi connectivity index (χ4n) is 1.19. The maximum atomic E-state index is 4.53. The molecule has 13 heavy (non-hydrogen) atoms. The number of quaternary nitrogens is 1. The highest BCUT2D eigenvalue weighted by Gasteiger charge is 2.06. The molecule has 0 bridgehead atoms. The molecule has 0 N–H and O–H groups in total. The maximum absolute atomic E-state index is 4.53. The number of rotatable bonds is 2. The van der Waals surface area contributed by atoms with E-state index in [1.165, 1.54) is 5.56 Å². The highest BCUT2D eigenvalue weighted by molar-refractivity contribution is 5.98. The fraction of sp³-hybridized carbons (Fsp3) is 0.364. The van der Waals surface area contributed by atoms with E-state index in [1.807, 2.05) is 46.3 Å². The molecule has 0 fully saturated rings. The molecule has 0 saturated heterocycles. The molecular weight excluding hydrogens is 160 g/mol. The van der Waals surface area contributed by atoms with Crippen molar-refractivity contribution < 1.29 is 4.59 Å². The van der Waals surface area contributed by atoms with Crippen LogP contribution in [-0.2, 0) is 0 Å². The van der Waals surface area contributed by atoms with Gasteiger partial charge in [-0.3, -0.25) is 0 Å². The smallest absolute Gasteiger partial charge is 0.0999 e. The van der Waals surface area contributed by atoms with Crippen LogP contribution in [-0.4, -0.2) is 31.4 Å². The first-order valence-electron chi connectivity index (χ1n) is 4.43. The van der Waals surface area contributed by atoms with E-state index in [2.05, 4.69) is 17.2 Å². The largest absolute Gasteiger partial charge is 0.205 e. The molecule has 0 aromatic heterocycles. The monoisotopic (exact) mass is 177 g/mol. The maximum Gasteiger partial charge on any atom is 0.0999 e. The van der Waals surface area contributed by atoms with Crippen molar-refractivity contribution in [1.82, 2.24) is 0 Å². The van der Waals surface area contributed by atoms with Crippen LogP contribution in [0.3, 0.4) is 0 Å². The van der Waals surface area contributed by atoms with Gasteiger partial charge in [-0.05, 0) is 6.92 Å². The van der Waals surface area contributed by atoms with Crippen molar-refractivity contribution in [3.05, 3.63) is 35.9 Å². The van der Waals surface area contributed by atoms with E-state index >= 15 is 0 Å². The van der Waals surface area contributed by atoms with Gasteiger partial charge < -0.3 is 0 Å². The van der Waals surface area contributed by atoms with E-state index in [0.717, 1.165) is 5.71 Å². The molecule has 0 radical (unpaired) electrons. The highest BCUT2D eigenvalue weighted by Crippen LogP contribution is 2.03. The molecule has 0 unspecified atom stereocenters. The molecule has 0 atom stereocenters. The Morgan fingerprint density at radius 2 is 1.62 bits per heavy atom. The number of hydrogen-bond acceptors (Lipinski definition) is 1. The topological polar surface area (TPSA) is 12.4 Å². The second kappa shape index (κ2) is 3.71. The van der Waals surface area contributed by atoms with Crippen LogP contribution in [0.1, 0.15) is 12.5 Å². The van der Waals surface area contributed by atoms with Crippen LogP contribution >= 0.6 is 0 Å². The first kappa shape index (κ1) is 9.93. The summed E-state index contributed by atoms with van der Waals surface area (Å²) >= 11 is 0. The van der Waals surface area contributed by atoms with Gasteiger partial charge in [0.05, 0.1) is 26.9 Å². The molecular formula is C11H17N2+. The predicted octanol–water partition coefficient (Wildman–Crippen LogP) is 2.12. The molecule has 2 heteroatoms. The summed E-state index contributed by atoms with van der Waals surface area (Å²) in [4.78, 5) is 0. The minimum Gasteiger partial charge on any atom is -0.205 e. The standard InChI is InChI=1S/C11H17N2/c1-10(12-13(2,3)4)11-8-6-5-7-9-11/h5-9H,1-4H3/q+1/b12-10-. The lowest BCUT2D eigenvalue weighted by Crippen LogP contribution is -2.28. The number of nitrogens with zero attached hydrogens (tertiary/aromatic N) is 2. The summed E-state index contributed by atoms with van der Waals surface area (Å²) in [5, 5.41) is 4.53. The van der Waals surface area contributed by atoms with E-state index in [9.17, 15) is 0 Å². The molecule has 0 spiro atoms. The van der Waals surface area contributed by atoms with Crippen LogP contribution in [0.2, 0.25) is 0 Å².